The van der Waals surface area contributed by atoms with Crippen molar-refractivity contribution in [3.05, 3.63) is 105 Å². The highest BCUT2D eigenvalue weighted by molar-refractivity contribution is 6.33. The Kier molecular flexibility index (Phi) is 7.32. The van der Waals surface area contributed by atoms with E-state index in [1.807, 2.05) is 43.3 Å². The van der Waals surface area contributed by atoms with Crippen LogP contribution in [0.3, 0.4) is 0 Å². The van der Waals surface area contributed by atoms with Crippen LogP contribution in [0, 0.1) is 12.7 Å². The van der Waals surface area contributed by atoms with E-state index in [-0.39, 0.29) is 11.1 Å². The van der Waals surface area contributed by atoms with Gasteiger partial charge in [0.15, 0.2) is 0 Å². The van der Waals surface area contributed by atoms with E-state index >= 15 is 4.39 Å². The summed E-state index contributed by atoms with van der Waals surface area (Å²) in [4.78, 5) is 24.9. The first kappa shape index (κ1) is 27.1. The summed E-state index contributed by atoms with van der Waals surface area (Å²) in [5.74, 6) is 0.527. The molecule has 0 saturated carbocycles. The summed E-state index contributed by atoms with van der Waals surface area (Å²) in [5, 5.41) is 4.19. The minimum atomic E-state index is -0.446. The van der Waals surface area contributed by atoms with Crippen LogP contribution in [0.25, 0.3) is 33.3 Å². The highest BCUT2D eigenvalue weighted by atomic mass is 35.5. The Bertz CT molecular complexity index is 1810. The minimum Gasteiger partial charge on any atom is -0.324 e. The Hall–Kier alpha value is -4.07. The zero-order chi connectivity index (χ0) is 28.7. The van der Waals surface area contributed by atoms with E-state index in [0.29, 0.717) is 39.0 Å². The number of aryl methyl sites for hydroxylation is 2. The van der Waals surface area contributed by atoms with Gasteiger partial charge in [-0.05, 0) is 92.8 Å². The second-order valence-corrected chi connectivity index (χ2v) is 11.3. The summed E-state index contributed by atoms with van der Waals surface area (Å²) in [6, 6.07) is 20.5. The Morgan fingerprint density at radius 1 is 0.927 bits per heavy atom. The molecule has 0 spiro atoms. The van der Waals surface area contributed by atoms with Crippen LogP contribution in [0.15, 0.2) is 77.7 Å². The van der Waals surface area contributed by atoms with Crippen LogP contribution in [0.1, 0.15) is 29.9 Å². The molecule has 1 aliphatic rings. The van der Waals surface area contributed by atoms with Crippen molar-refractivity contribution in [1.82, 2.24) is 19.4 Å². The fourth-order valence-electron chi connectivity index (χ4n) is 5.64. The molecule has 0 radical (unpaired) electrons. The van der Waals surface area contributed by atoms with Crippen molar-refractivity contribution in [2.75, 3.05) is 25.5 Å². The fraction of sp³-hybridized carbons (Fsp3) is 0.242. The molecule has 0 aliphatic carbocycles. The SMILES string of the molecule is Cc1ccccc1-c1cc(Cl)c(-c2cc3cnc(Nc4ccc(C5CCN(C)CC5)cc4)nc3n(C)c2=O)cc1F. The number of halogens is 2. The number of hydrogen-bond acceptors (Lipinski definition) is 5. The normalized spacial score (nSPS) is 14.5. The van der Waals surface area contributed by atoms with E-state index in [0.717, 1.165) is 29.9 Å². The standard InChI is InChI=1S/C33H31ClFN5O/c1-20-6-4-5-7-25(20)27-17-29(34)26(18-30(27)35)28-16-23-19-36-33(38-31(23)40(3)32(28)41)37-24-10-8-21(9-11-24)22-12-14-39(2)15-13-22/h4-11,16-19,22H,12-15H2,1-3H3,(H,36,37,38). The number of aromatic nitrogens is 3. The molecule has 6 rings (SSSR count). The van der Waals surface area contributed by atoms with Gasteiger partial charge >= 0.3 is 0 Å². The summed E-state index contributed by atoms with van der Waals surface area (Å²) < 4.78 is 16.8. The Morgan fingerprint density at radius 2 is 1.66 bits per heavy atom. The van der Waals surface area contributed by atoms with Crippen molar-refractivity contribution in [2.45, 2.75) is 25.7 Å². The molecular formula is C33H31ClFN5O. The van der Waals surface area contributed by atoms with Gasteiger partial charge in [0.25, 0.3) is 5.56 Å². The second kappa shape index (κ2) is 11.1. The van der Waals surface area contributed by atoms with Gasteiger partial charge in [-0.15, -0.1) is 0 Å². The van der Waals surface area contributed by atoms with Gasteiger partial charge in [-0.3, -0.25) is 9.36 Å². The van der Waals surface area contributed by atoms with Crippen LogP contribution >= 0.6 is 11.6 Å². The van der Waals surface area contributed by atoms with Crippen LogP contribution in [-0.2, 0) is 7.05 Å². The quantitative estimate of drug-likeness (QED) is 0.241. The Labute approximate surface area is 243 Å². The topological polar surface area (TPSA) is 63.1 Å². The minimum absolute atomic E-state index is 0.286. The molecular weight excluding hydrogens is 537 g/mol. The molecule has 2 aromatic heterocycles. The van der Waals surface area contributed by atoms with Gasteiger partial charge in [0, 0.05) is 46.0 Å². The first-order chi connectivity index (χ1) is 19.8. The predicted octanol–water partition coefficient (Wildman–Crippen LogP) is 7.32. The molecule has 6 nitrogen and oxygen atoms in total. The molecule has 3 aromatic carbocycles. The highest BCUT2D eigenvalue weighted by Crippen LogP contribution is 2.35. The molecule has 0 bridgehead atoms. The molecule has 0 atom stereocenters. The molecule has 208 valence electrons. The predicted molar refractivity (Wildman–Crippen MR) is 165 cm³/mol. The van der Waals surface area contributed by atoms with Crippen LogP contribution in [-0.4, -0.2) is 39.6 Å². The monoisotopic (exact) mass is 567 g/mol. The first-order valence-electron chi connectivity index (χ1n) is 13.8. The number of anilines is 2. The number of nitrogens with zero attached hydrogens (tertiary/aromatic N) is 4. The number of benzene rings is 3. The van der Waals surface area contributed by atoms with Crippen molar-refractivity contribution in [1.29, 1.82) is 0 Å². The van der Waals surface area contributed by atoms with Crippen LogP contribution in [0.2, 0.25) is 5.02 Å². The lowest BCUT2D eigenvalue weighted by molar-refractivity contribution is 0.255. The van der Waals surface area contributed by atoms with Crippen molar-refractivity contribution in [2.24, 2.45) is 7.05 Å². The first-order valence-corrected chi connectivity index (χ1v) is 14.1. The van der Waals surface area contributed by atoms with Gasteiger partial charge in [0.05, 0.1) is 0 Å². The summed E-state index contributed by atoms with van der Waals surface area (Å²) >= 11 is 6.64. The smallest absolute Gasteiger partial charge is 0.259 e. The molecule has 0 unspecified atom stereocenters. The van der Waals surface area contributed by atoms with E-state index in [2.05, 4.69) is 39.4 Å². The molecule has 8 heteroatoms. The second-order valence-electron chi connectivity index (χ2n) is 10.8. The van der Waals surface area contributed by atoms with Crippen molar-refractivity contribution >= 4 is 34.3 Å². The van der Waals surface area contributed by atoms with Gasteiger partial charge in [0.1, 0.15) is 11.5 Å². The number of piperidine rings is 1. The number of nitrogens with one attached hydrogen (secondary N) is 1. The highest BCUT2D eigenvalue weighted by Gasteiger charge is 2.19. The summed E-state index contributed by atoms with van der Waals surface area (Å²) in [5.41, 5.74) is 5.07. The maximum Gasteiger partial charge on any atom is 0.259 e. The maximum absolute atomic E-state index is 15.3. The number of likely N-dealkylation sites (tertiary alicyclic amines) is 1. The van der Waals surface area contributed by atoms with Crippen molar-refractivity contribution < 1.29 is 4.39 Å². The van der Waals surface area contributed by atoms with Crippen molar-refractivity contribution in [3.8, 4) is 22.3 Å². The van der Waals surface area contributed by atoms with Crippen LogP contribution in [0.4, 0.5) is 16.0 Å². The largest absolute Gasteiger partial charge is 0.324 e. The van der Waals surface area contributed by atoms with Gasteiger partial charge in [-0.2, -0.15) is 4.98 Å². The Balaban J connectivity index is 1.29. The molecule has 1 saturated heterocycles. The third kappa shape index (κ3) is 5.35. The summed E-state index contributed by atoms with van der Waals surface area (Å²) in [7, 11) is 3.82. The van der Waals surface area contributed by atoms with Crippen LogP contribution < -0.4 is 10.9 Å². The number of pyridine rings is 1. The lowest BCUT2D eigenvalue weighted by atomic mass is 9.89. The van der Waals surface area contributed by atoms with E-state index in [9.17, 15) is 4.79 Å². The average molecular weight is 568 g/mol. The molecule has 1 aliphatic heterocycles. The van der Waals surface area contributed by atoms with E-state index in [1.165, 1.54) is 29.0 Å². The number of fused-ring (bicyclic) bond motifs is 1. The van der Waals surface area contributed by atoms with Crippen molar-refractivity contribution in [3.63, 3.8) is 0 Å². The van der Waals surface area contributed by atoms with E-state index in [1.54, 1.807) is 25.4 Å². The molecule has 1 fully saturated rings. The number of hydrogen-bond donors (Lipinski definition) is 1. The lowest BCUT2D eigenvalue weighted by Crippen LogP contribution is -2.29. The average Bonchev–Trinajstić information content (AvgIpc) is 2.97. The van der Waals surface area contributed by atoms with Gasteiger partial charge in [-0.1, -0.05) is 48.0 Å². The van der Waals surface area contributed by atoms with Gasteiger partial charge in [0.2, 0.25) is 5.95 Å². The zero-order valence-electron chi connectivity index (χ0n) is 23.3. The molecule has 41 heavy (non-hydrogen) atoms. The molecule has 5 aromatic rings. The van der Waals surface area contributed by atoms with Gasteiger partial charge in [-0.25, -0.2) is 9.37 Å². The third-order valence-corrected chi connectivity index (χ3v) is 8.40. The third-order valence-electron chi connectivity index (χ3n) is 8.09. The van der Waals surface area contributed by atoms with Gasteiger partial charge < -0.3 is 10.2 Å². The van der Waals surface area contributed by atoms with Crippen LogP contribution in [0.5, 0.6) is 0 Å². The lowest BCUT2D eigenvalue weighted by Gasteiger charge is -2.29. The summed E-state index contributed by atoms with van der Waals surface area (Å²) in [6.07, 6.45) is 4.00. The zero-order valence-corrected chi connectivity index (χ0v) is 24.0. The van der Waals surface area contributed by atoms with E-state index in [4.69, 9.17) is 11.6 Å². The molecule has 1 N–H and O–H groups in total. The fourth-order valence-corrected chi connectivity index (χ4v) is 5.91. The summed E-state index contributed by atoms with van der Waals surface area (Å²) in [6.45, 7) is 4.16. The molecule has 3 heterocycles. The molecule has 0 amide bonds. The Morgan fingerprint density at radius 3 is 2.39 bits per heavy atom. The number of rotatable bonds is 5. The van der Waals surface area contributed by atoms with E-state index < -0.39 is 5.82 Å². The maximum atomic E-state index is 15.3.